The maximum absolute atomic E-state index is 8.32. The molecule has 0 heterocycles. The van der Waals surface area contributed by atoms with Gasteiger partial charge in [0.05, 0.1) is 12.6 Å². The van der Waals surface area contributed by atoms with Crippen molar-refractivity contribution < 1.29 is 15.4 Å². The summed E-state index contributed by atoms with van der Waals surface area (Å²) in [5, 5.41) is 24.7. The second kappa shape index (κ2) is 4.99. The van der Waals surface area contributed by atoms with Crippen LogP contribution in [0, 0.1) is 0 Å². The first-order chi connectivity index (χ1) is 3.85. The summed E-state index contributed by atoms with van der Waals surface area (Å²) < 4.78 is 0. The lowest BCUT2D eigenvalue weighted by Crippen LogP contribution is -2.30. The molecule has 8 heavy (non-hydrogen) atoms. The van der Waals surface area contributed by atoms with E-state index in [4.69, 9.17) is 15.4 Å². The highest BCUT2D eigenvalue weighted by Crippen LogP contribution is 1.85. The molecule has 0 aromatic heterocycles. The van der Waals surface area contributed by atoms with Crippen molar-refractivity contribution in [1.29, 1.82) is 0 Å². The zero-order chi connectivity index (χ0) is 6.41. The first-order valence-electron chi connectivity index (χ1n) is 2.46. The van der Waals surface area contributed by atoms with E-state index in [1.165, 1.54) is 0 Å². The standard InChI is InChI=1S/C4H11NO3/c6-2-1-4(3-7)5-8/h4-8H,1-3H2. The van der Waals surface area contributed by atoms with Crippen molar-refractivity contribution in [3.8, 4) is 0 Å². The Morgan fingerprint density at radius 3 is 2.12 bits per heavy atom. The van der Waals surface area contributed by atoms with Crippen LogP contribution in [0.2, 0.25) is 0 Å². The maximum atomic E-state index is 8.32. The molecular weight excluding hydrogens is 110 g/mol. The Bertz CT molecular complexity index is 46.5. The maximum Gasteiger partial charge on any atom is 0.0608 e. The van der Waals surface area contributed by atoms with Gasteiger partial charge in [-0.05, 0) is 6.42 Å². The summed E-state index contributed by atoms with van der Waals surface area (Å²) in [5.74, 6) is 0. The third-order valence-corrected chi connectivity index (χ3v) is 0.881. The Labute approximate surface area is 47.7 Å². The molecule has 0 radical (unpaired) electrons. The quantitative estimate of drug-likeness (QED) is 0.349. The first-order valence-corrected chi connectivity index (χ1v) is 2.46. The number of aliphatic hydroxyl groups is 2. The summed E-state index contributed by atoms with van der Waals surface area (Å²) in [6, 6.07) is -0.389. The van der Waals surface area contributed by atoms with Crippen molar-refractivity contribution in [2.24, 2.45) is 0 Å². The van der Waals surface area contributed by atoms with Crippen LogP contribution in [0.5, 0.6) is 0 Å². The Balaban J connectivity index is 3.07. The molecule has 0 spiro atoms. The second-order valence-corrected chi connectivity index (χ2v) is 1.52. The van der Waals surface area contributed by atoms with Crippen LogP contribution in [-0.2, 0) is 0 Å². The summed E-state index contributed by atoms with van der Waals surface area (Å²) in [6.45, 7) is -0.185. The Hall–Kier alpha value is -0.160. The van der Waals surface area contributed by atoms with Crippen LogP contribution in [0.25, 0.3) is 0 Å². The summed E-state index contributed by atoms with van der Waals surface area (Å²) in [6.07, 6.45) is 0.368. The van der Waals surface area contributed by atoms with Crippen molar-refractivity contribution in [3.05, 3.63) is 0 Å². The molecule has 0 aromatic carbocycles. The molecule has 1 unspecified atom stereocenters. The summed E-state index contributed by atoms with van der Waals surface area (Å²) in [7, 11) is 0. The van der Waals surface area contributed by atoms with Gasteiger partial charge < -0.3 is 15.4 Å². The van der Waals surface area contributed by atoms with Gasteiger partial charge in [-0.3, -0.25) is 0 Å². The minimum absolute atomic E-state index is 0.0290. The molecule has 0 bridgehead atoms. The van der Waals surface area contributed by atoms with E-state index in [1.54, 1.807) is 0 Å². The highest BCUT2D eigenvalue weighted by Gasteiger charge is 2.01. The fraction of sp³-hybridized carbons (Fsp3) is 1.00. The average Bonchev–Trinajstić information content (AvgIpc) is 1.83. The third-order valence-electron chi connectivity index (χ3n) is 0.881. The van der Waals surface area contributed by atoms with Gasteiger partial charge >= 0.3 is 0 Å². The van der Waals surface area contributed by atoms with E-state index < -0.39 is 0 Å². The molecule has 0 saturated carbocycles. The van der Waals surface area contributed by atoms with Crippen LogP contribution in [0.4, 0.5) is 0 Å². The van der Waals surface area contributed by atoms with Gasteiger partial charge in [-0.15, -0.1) is 0 Å². The van der Waals surface area contributed by atoms with Gasteiger partial charge in [-0.25, -0.2) is 5.48 Å². The summed E-state index contributed by atoms with van der Waals surface area (Å²) in [5.41, 5.74) is 1.84. The van der Waals surface area contributed by atoms with Gasteiger partial charge in [0.25, 0.3) is 0 Å². The minimum atomic E-state index is -0.389. The van der Waals surface area contributed by atoms with Crippen LogP contribution in [-0.4, -0.2) is 34.7 Å². The molecule has 0 aromatic rings. The van der Waals surface area contributed by atoms with Gasteiger partial charge in [0.2, 0.25) is 0 Å². The zero-order valence-corrected chi connectivity index (χ0v) is 4.54. The van der Waals surface area contributed by atoms with E-state index in [0.29, 0.717) is 6.42 Å². The van der Waals surface area contributed by atoms with Crippen molar-refractivity contribution in [1.82, 2.24) is 5.48 Å². The lowest BCUT2D eigenvalue weighted by atomic mass is 10.2. The van der Waals surface area contributed by atoms with Crippen LogP contribution in [0.1, 0.15) is 6.42 Å². The molecule has 4 nitrogen and oxygen atoms in total. The largest absolute Gasteiger partial charge is 0.396 e. The van der Waals surface area contributed by atoms with Gasteiger partial charge in [0.15, 0.2) is 0 Å². The predicted octanol–water partition coefficient (Wildman–Crippen LogP) is -1.29. The molecule has 0 amide bonds. The third kappa shape index (κ3) is 2.92. The van der Waals surface area contributed by atoms with Crippen molar-refractivity contribution >= 4 is 0 Å². The van der Waals surface area contributed by atoms with Crippen molar-refractivity contribution in [2.45, 2.75) is 12.5 Å². The van der Waals surface area contributed by atoms with E-state index in [2.05, 4.69) is 0 Å². The SMILES string of the molecule is OCCC(CO)NO. The molecule has 0 aliphatic rings. The fourth-order valence-electron chi connectivity index (χ4n) is 0.352. The molecule has 0 fully saturated rings. The topological polar surface area (TPSA) is 72.7 Å². The summed E-state index contributed by atoms with van der Waals surface area (Å²) in [4.78, 5) is 0. The number of nitrogens with one attached hydrogen (secondary N) is 1. The Morgan fingerprint density at radius 2 is 2.00 bits per heavy atom. The van der Waals surface area contributed by atoms with E-state index in [-0.39, 0.29) is 19.3 Å². The number of aliphatic hydroxyl groups excluding tert-OH is 2. The van der Waals surface area contributed by atoms with Crippen LogP contribution < -0.4 is 5.48 Å². The predicted molar refractivity (Wildman–Crippen MR) is 27.5 cm³/mol. The normalized spacial score (nSPS) is 13.9. The van der Waals surface area contributed by atoms with E-state index in [0.717, 1.165) is 0 Å². The number of rotatable bonds is 4. The minimum Gasteiger partial charge on any atom is -0.396 e. The fourth-order valence-corrected chi connectivity index (χ4v) is 0.352. The van der Waals surface area contributed by atoms with Crippen LogP contribution >= 0.6 is 0 Å². The first kappa shape index (κ1) is 7.84. The molecule has 0 aliphatic heterocycles. The van der Waals surface area contributed by atoms with Gasteiger partial charge in [0.1, 0.15) is 0 Å². The molecule has 1 atom stereocenters. The Morgan fingerprint density at radius 1 is 1.38 bits per heavy atom. The van der Waals surface area contributed by atoms with Crippen LogP contribution in [0.15, 0.2) is 0 Å². The van der Waals surface area contributed by atoms with E-state index in [9.17, 15) is 0 Å². The van der Waals surface area contributed by atoms with E-state index >= 15 is 0 Å². The molecule has 4 heteroatoms. The Kier molecular flexibility index (Phi) is 4.89. The van der Waals surface area contributed by atoms with Gasteiger partial charge in [-0.2, -0.15) is 0 Å². The number of hydrogen-bond donors (Lipinski definition) is 4. The van der Waals surface area contributed by atoms with Gasteiger partial charge in [0, 0.05) is 6.61 Å². The zero-order valence-electron chi connectivity index (χ0n) is 4.54. The number of hydroxylamine groups is 1. The van der Waals surface area contributed by atoms with Crippen molar-refractivity contribution in [3.63, 3.8) is 0 Å². The van der Waals surface area contributed by atoms with Crippen molar-refractivity contribution in [2.75, 3.05) is 13.2 Å². The van der Waals surface area contributed by atoms with Gasteiger partial charge in [-0.1, -0.05) is 0 Å². The summed E-state index contributed by atoms with van der Waals surface area (Å²) >= 11 is 0. The smallest absolute Gasteiger partial charge is 0.0608 e. The molecule has 0 aliphatic carbocycles. The van der Waals surface area contributed by atoms with Crippen LogP contribution in [0.3, 0.4) is 0 Å². The second-order valence-electron chi connectivity index (χ2n) is 1.52. The molecule has 0 rings (SSSR count). The monoisotopic (exact) mass is 121 g/mol. The molecular formula is C4H11NO3. The van der Waals surface area contributed by atoms with E-state index in [1.807, 2.05) is 5.48 Å². The number of hydrogen-bond acceptors (Lipinski definition) is 4. The molecule has 50 valence electrons. The molecule has 0 saturated heterocycles. The highest BCUT2D eigenvalue weighted by molar-refractivity contribution is 4.56. The lowest BCUT2D eigenvalue weighted by Gasteiger charge is -2.07. The highest BCUT2D eigenvalue weighted by atomic mass is 16.5. The molecule has 4 N–H and O–H groups in total. The lowest BCUT2D eigenvalue weighted by molar-refractivity contribution is 0.0763. The average molecular weight is 121 g/mol.